The van der Waals surface area contributed by atoms with Crippen molar-refractivity contribution in [3.05, 3.63) is 11.1 Å². The Morgan fingerprint density at radius 1 is 1.14 bits per heavy atom. The second-order valence-corrected chi connectivity index (χ2v) is 3.02. The molecule has 0 saturated heterocycles. The topological polar surface area (TPSA) is 104 Å². The van der Waals surface area contributed by atoms with Gasteiger partial charge < -0.3 is 21.1 Å². The predicted molar refractivity (Wildman–Crippen MR) is 50.6 cm³/mol. The Balaban J connectivity index is 3.68. The van der Waals surface area contributed by atoms with Gasteiger partial charge in [0.2, 0.25) is 0 Å². The molecule has 14 heavy (non-hydrogen) atoms. The highest BCUT2D eigenvalue weighted by Gasteiger charge is 2.21. The van der Waals surface area contributed by atoms with E-state index in [0.717, 1.165) is 0 Å². The molecular formula is C9H11NO4. The fourth-order valence-corrected chi connectivity index (χ4v) is 1.19. The lowest BCUT2D eigenvalue weighted by Crippen LogP contribution is -1.99. The van der Waals surface area contributed by atoms with Crippen molar-refractivity contribution in [2.45, 2.75) is 13.8 Å². The second-order valence-electron chi connectivity index (χ2n) is 3.02. The molecule has 0 amide bonds. The molecule has 0 atom stereocenters. The van der Waals surface area contributed by atoms with Crippen LogP contribution in [0.15, 0.2) is 0 Å². The number of hydrogen-bond acceptors (Lipinski definition) is 5. The third-order valence-electron chi connectivity index (χ3n) is 2.05. The molecule has 1 aromatic rings. The van der Waals surface area contributed by atoms with Crippen molar-refractivity contribution in [3.8, 4) is 17.2 Å². The van der Waals surface area contributed by atoms with E-state index in [9.17, 15) is 20.1 Å². The molecule has 0 radical (unpaired) electrons. The molecule has 0 aliphatic heterocycles. The number of ketones is 1. The van der Waals surface area contributed by atoms with E-state index in [0.29, 0.717) is 0 Å². The number of nitrogens with two attached hydrogens (primary N) is 1. The van der Waals surface area contributed by atoms with Gasteiger partial charge in [-0.15, -0.1) is 0 Å². The molecule has 76 valence electrons. The second kappa shape index (κ2) is 3.10. The number of hydrogen-bond donors (Lipinski definition) is 4. The molecule has 0 fully saturated rings. The van der Waals surface area contributed by atoms with Gasteiger partial charge in [-0.1, -0.05) is 0 Å². The van der Waals surface area contributed by atoms with Crippen LogP contribution < -0.4 is 5.73 Å². The molecular weight excluding hydrogens is 186 g/mol. The number of phenols is 3. The molecule has 5 N–H and O–H groups in total. The summed E-state index contributed by atoms with van der Waals surface area (Å²) in [6.45, 7) is 2.58. The first-order valence-corrected chi connectivity index (χ1v) is 3.91. The minimum atomic E-state index is -0.585. The van der Waals surface area contributed by atoms with Crippen LogP contribution in [-0.4, -0.2) is 21.1 Å². The molecule has 0 unspecified atom stereocenters. The summed E-state index contributed by atoms with van der Waals surface area (Å²) in [4.78, 5) is 11.0. The van der Waals surface area contributed by atoms with Crippen molar-refractivity contribution >= 4 is 11.5 Å². The van der Waals surface area contributed by atoms with Gasteiger partial charge in [0.1, 0.15) is 22.7 Å². The van der Waals surface area contributed by atoms with E-state index in [2.05, 4.69) is 0 Å². The molecule has 0 bridgehead atoms. The summed E-state index contributed by atoms with van der Waals surface area (Å²) in [6, 6.07) is 0. The predicted octanol–water partition coefficient (Wildman–Crippen LogP) is 0.897. The Morgan fingerprint density at radius 2 is 1.64 bits per heavy atom. The maximum atomic E-state index is 11.0. The third-order valence-corrected chi connectivity index (χ3v) is 2.05. The van der Waals surface area contributed by atoms with Crippen LogP contribution in [0, 0.1) is 6.92 Å². The van der Waals surface area contributed by atoms with Crippen LogP contribution in [0.4, 0.5) is 5.69 Å². The SMILES string of the molecule is CC(=O)c1c(O)c(C)c(O)c(N)c1O. The Morgan fingerprint density at radius 3 is 2.07 bits per heavy atom. The molecule has 0 heterocycles. The number of carbonyl (C=O) groups excluding carboxylic acids is 1. The van der Waals surface area contributed by atoms with Gasteiger partial charge >= 0.3 is 0 Å². The van der Waals surface area contributed by atoms with Crippen LogP contribution in [-0.2, 0) is 0 Å². The Kier molecular flexibility index (Phi) is 2.25. The van der Waals surface area contributed by atoms with E-state index in [1.165, 1.54) is 13.8 Å². The van der Waals surface area contributed by atoms with Gasteiger partial charge in [0.05, 0.1) is 0 Å². The highest BCUT2D eigenvalue weighted by atomic mass is 16.3. The highest BCUT2D eigenvalue weighted by molar-refractivity contribution is 6.02. The molecule has 1 aromatic carbocycles. The zero-order valence-electron chi connectivity index (χ0n) is 7.83. The van der Waals surface area contributed by atoms with E-state index >= 15 is 0 Å². The first-order valence-electron chi connectivity index (χ1n) is 3.91. The lowest BCUT2D eigenvalue weighted by molar-refractivity contribution is 0.101. The number of anilines is 1. The summed E-state index contributed by atoms with van der Waals surface area (Å²) in [6.07, 6.45) is 0. The molecule has 0 aliphatic carbocycles. The van der Waals surface area contributed by atoms with Crippen LogP contribution >= 0.6 is 0 Å². The number of Topliss-reactive ketones (excluding diaryl/α,β-unsaturated/α-hetero) is 1. The first kappa shape index (κ1) is 10.2. The van der Waals surface area contributed by atoms with Crippen LogP contribution in [0.25, 0.3) is 0 Å². The van der Waals surface area contributed by atoms with Crippen LogP contribution in [0.5, 0.6) is 17.2 Å². The minimum absolute atomic E-state index is 0.0745. The normalized spacial score (nSPS) is 10.1. The van der Waals surface area contributed by atoms with Crippen LogP contribution in [0.2, 0.25) is 0 Å². The number of nitrogen functional groups attached to an aromatic ring is 1. The smallest absolute Gasteiger partial charge is 0.167 e. The largest absolute Gasteiger partial charge is 0.507 e. The molecule has 1 rings (SSSR count). The van der Waals surface area contributed by atoms with Gasteiger partial charge in [0.15, 0.2) is 11.5 Å². The van der Waals surface area contributed by atoms with Crippen molar-refractivity contribution in [1.29, 1.82) is 0 Å². The van der Waals surface area contributed by atoms with Crippen LogP contribution in [0.1, 0.15) is 22.8 Å². The zero-order chi connectivity index (χ0) is 11.0. The summed E-state index contributed by atoms with van der Waals surface area (Å²) in [5.74, 6) is -1.96. The summed E-state index contributed by atoms with van der Waals surface area (Å²) in [5.41, 5.74) is 4.84. The van der Waals surface area contributed by atoms with E-state index in [-0.39, 0.29) is 16.8 Å². The number of phenolic OH excluding ortho intramolecular Hbond substituents is 3. The molecule has 0 spiro atoms. The Hall–Kier alpha value is -1.91. The molecule has 0 aromatic heterocycles. The maximum Gasteiger partial charge on any atom is 0.167 e. The quantitative estimate of drug-likeness (QED) is 0.232. The average molecular weight is 197 g/mol. The van der Waals surface area contributed by atoms with Gasteiger partial charge in [-0.25, -0.2) is 0 Å². The summed E-state index contributed by atoms with van der Waals surface area (Å²) < 4.78 is 0. The van der Waals surface area contributed by atoms with E-state index in [1.807, 2.05) is 0 Å². The minimum Gasteiger partial charge on any atom is -0.507 e. The lowest BCUT2D eigenvalue weighted by Gasteiger charge is -2.11. The maximum absolute atomic E-state index is 11.0. The van der Waals surface area contributed by atoms with Gasteiger partial charge in [0.25, 0.3) is 0 Å². The van der Waals surface area contributed by atoms with Crippen molar-refractivity contribution in [1.82, 2.24) is 0 Å². The standard InChI is InChI=1S/C9H11NO4/c1-3-7(12)5(4(2)11)9(14)6(10)8(3)13/h12-14H,10H2,1-2H3. The first-order chi connectivity index (χ1) is 6.37. The van der Waals surface area contributed by atoms with Gasteiger partial charge in [-0.3, -0.25) is 4.79 Å². The zero-order valence-corrected chi connectivity index (χ0v) is 7.83. The third kappa shape index (κ3) is 1.22. The fraction of sp³-hybridized carbons (Fsp3) is 0.222. The van der Waals surface area contributed by atoms with Gasteiger partial charge in [-0.05, 0) is 13.8 Å². The summed E-state index contributed by atoms with van der Waals surface area (Å²) in [5, 5.41) is 28.2. The van der Waals surface area contributed by atoms with Gasteiger partial charge in [0, 0.05) is 5.56 Å². The molecule has 5 heteroatoms. The Labute approximate surface area is 80.4 Å². The number of aromatic hydroxyl groups is 3. The van der Waals surface area contributed by atoms with E-state index in [1.54, 1.807) is 0 Å². The average Bonchev–Trinajstić information content (AvgIpc) is 2.11. The van der Waals surface area contributed by atoms with E-state index < -0.39 is 23.0 Å². The fourth-order valence-electron chi connectivity index (χ4n) is 1.19. The Bertz CT molecular complexity index is 383. The lowest BCUT2D eigenvalue weighted by atomic mass is 10.0. The van der Waals surface area contributed by atoms with Crippen molar-refractivity contribution in [2.24, 2.45) is 0 Å². The van der Waals surface area contributed by atoms with Gasteiger partial charge in [-0.2, -0.15) is 0 Å². The van der Waals surface area contributed by atoms with Crippen LogP contribution in [0.3, 0.4) is 0 Å². The van der Waals surface area contributed by atoms with Crippen molar-refractivity contribution in [2.75, 3.05) is 5.73 Å². The monoisotopic (exact) mass is 197 g/mol. The highest BCUT2D eigenvalue weighted by Crippen LogP contribution is 2.43. The number of carbonyl (C=O) groups is 1. The molecule has 5 nitrogen and oxygen atoms in total. The molecule has 0 aliphatic rings. The molecule has 0 saturated carbocycles. The number of rotatable bonds is 1. The summed E-state index contributed by atoms with van der Waals surface area (Å²) >= 11 is 0. The number of benzene rings is 1. The van der Waals surface area contributed by atoms with Crippen molar-refractivity contribution in [3.63, 3.8) is 0 Å². The van der Waals surface area contributed by atoms with Crippen molar-refractivity contribution < 1.29 is 20.1 Å². The summed E-state index contributed by atoms with van der Waals surface area (Å²) in [7, 11) is 0. The van der Waals surface area contributed by atoms with E-state index in [4.69, 9.17) is 5.73 Å².